The molecule has 0 radical (unpaired) electrons. The van der Waals surface area contributed by atoms with Crippen LogP contribution in [-0.2, 0) is 28.5 Å². The lowest BCUT2D eigenvalue weighted by Crippen LogP contribution is -2.59. The Morgan fingerprint density at radius 3 is 1.22 bits per heavy atom. The summed E-state index contributed by atoms with van der Waals surface area (Å²) < 4.78 is 22.3. The van der Waals surface area contributed by atoms with E-state index in [9.17, 15) is 30.0 Å². The highest BCUT2D eigenvalue weighted by Crippen LogP contribution is 2.23. The van der Waals surface area contributed by atoms with E-state index in [1.165, 1.54) is 199 Å². The van der Waals surface area contributed by atoms with Crippen molar-refractivity contribution in [3.05, 3.63) is 12.2 Å². The van der Waals surface area contributed by atoms with Gasteiger partial charge in [-0.15, -0.1) is 0 Å². The van der Waals surface area contributed by atoms with E-state index in [4.69, 9.17) is 18.9 Å². The van der Waals surface area contributed by atoms with E-state index in [1.54, 1.807) is 0 Å². The highest BCUT2D eigenvalue weighted by Gasteiger charge is 2.44. The van der Waals surface area contributed by atoms with Gasteiger partial charge in [0.2, 0.25) is 0 Å². The zero-order valence-corrected chi connectivity index (χ0v) is 42.3. The van der Waals surface area contributed by atoms with Gasteiger partial charge in [-0.3, -0.25) is 9.59 Å². The molecule has 1 aliphatic rings. The number of hydrogen-bond donors (Lipinski definition) is 4. The second-order valence-electron chi connectivity index (χ2n) is 19.4. The van der Waals surface area contributed by atoms with Gasteiger partial charge in [-0.25, -0.2) is 0 Å². The topological polar surface area (TPSA) is 152 Å². The Balaban J connectivity index is 2.20. The molecule has 6 atom stereocenters. The van der Waals surface area contributed by atoms with E-state index in [1.807, 2.05) is 0 Å². The molecule has 1 fully saturated rings. The summed E-state index contributed by atoms with van der Waals surface area (Å²) in [5.74, 6) is -0.791. The standard InChI is InChI=1S/C55H104O10/c1-3-5-7-9-11-13-15-17-19-21-22-23-24-25-26-28-30-32-34-36-38-40-42-44-51(58)64-48(47-63-55-54(61)53(60)52(59)49(45-56)65-55)46-62-50(57)43-41-39-37-35-33-31-29-27-20-18-16-14-12-10-8-6-4-2/h14,16,48-49,52-56,59-61H,3-13,15,17-47H2,1-2H3/b16-14+/t48-,49-,52+,53?,54?,55-/m1/s1. The van der Waals surface area contributed by atoms with E-state index >= 15 is 0 Å². The molecule has 10 heteroatoms. The number of aliphatic hydroxyl groups is 4. The van der Waals surface area contributed by atoms with Crippen molar-refractivity contribution in [1.82, 2.24) is 0 Å². The van der Waals surface area contributed by atoms with Crippen LogP contribution in [0.15, 0.2) is 12.2 Å². The number of allylic oxidation sites excluding steroid dienone is 2. The Kier molecular flexibility index (Phi) is 43.7. The molecule has 1 rings (SSSR count). The van der Waals surface area contributed by atoms with E-state index in [-0.39, 0.29) is 32.0 Å². The first-order valence-electron chi connectivity index (χ1n) is 27.8. The van der Waals surface area contributed by atoms with E-state index in [0.29, 0.717) is 6.42 Å². The molecule has 1 heterocycles. The Hall–Kier alpha value is -1.56. The van der Waals surface area contributed by atoms with Gasteiger partial charge < -0.3 is 39.4 Å². The third-order valence-corrected chi connectivity index (χ3v) is 13.2. The van der Waals surface area contributed by atoms with Gasteiger partial charge in [-0.1, -0.05) is 231 Å². The quantitative estimate of drug-likeness (QED) is 0.0264. The van der Waals surface area contributed by atoms with Crippen LogP contribution in [0.3, 0.4) is 0 Å². The number of aliphatic hydroxyl groups excluding tert-OH is 4. The first-order chi connectivity index (χ1) is 31.8. The zero-order chi connectivity index (χ0) is 47.3. The van der Waals surface area contributed by atoms with Crippen molar-refractivity contribution >= 4 is 11.9 Å². The predicted octanol–water partition coefficient (Wildman–Crippen LogP) is 13.5. The molecule has 0 spiro atoms. The number of unbranched alkanes of at least 4 members (excludes halogenated alkanes) is 35. The van der Waals surface area contributed by atoms with Crippen molar-refractivity contribution in [2.75, 3.05) is 19.8 Å². The minimum Gasteiger partial charge on any atom is -0.462 e. The zero-order valence-electron chi connectivity index (χ0n) is 42.3. The lowest BCUT2D eigenvalue weighted by atomic mass is 9.99. The molecule has 65 heavy (non-hydrogen) atoms. The number of hydrogen-bond acceptors (Lipinski definition) is 10. The fourth-order valence-electron chi connectivity index (χ4n) is 8.77. The molecule has 2 unspecified atom stereocenters. The molecule has 1 aliphatic heterocycles. The third kappa shape index (κ3) is 37.1. The van der Waals surface area contributed by atoms with Gasteiger partial charge in [0.05, 0.1) is 13.2 Å². The number of carbonyl (C=O) groups is 2. The normalized spacial score (nSPS) is 19.3. The van der Waals surface area contributed by atoms with Crippen molar-refractivity contribution in [3.63, 3.8) is 0 Å². The molecule has 10 nitrogen and oxygen atoms in total. The fourth-order valence-corrected chi connectivity index (χ4v) is 8.77. The predicted molar refractivity (Wildman–Crippen MR) is 266 cm³/mol. The first-order valence-corrected chi connectivity index (χ1v) is 27.8. The summed E-state index contributed by atoms with van der Waals surface area (Å²) >= 11 is 0. The monoisotopic (exact) mass is 925 g/mol. The van der Waals surface area contributed by atoms with Gasteiger partial charge in [0.15, 0.2) is 12.4 Å². The Labute approximate surface area is 399 Å². The van der Waals surface area contributed by atoms with E-state index in [2.05, 4.69) is 26.0 Å². The molecule has 0 aliphatic carbocycles. The largest absolute Gasteiger partial charge is 0.462 e. The average Bonchev–Trinajstić information content (AvgIpc) is 3.30. The molecular weight excluding hydrogens is 821 g/mol. The van der Waals surface area contributed by atoms with Crippen molar-refractivity contribution in [2.45, 2.75) is 307 Å². The smallest absolute Gasteiger partial charge is 0.306 e. The van der Waals surface area contributed by atoms with Crippen LogP contribution in [0.25, 0.3) is 0 Å². The van der Waals surface area contributed by atoms with Crippen LogP contribution < -0.4 is 0 Å². The number of rotatable bonds is 48. The van der Waals surface area contributed by atoms with Crippen LogP contribution in [0.4, 0.5) is 0 Å². The summed E-state index contributed by atoms with van der Waals surface area (Å²) in [6.07, 6.45) is 45.1. The van der Waals surface area contributed by atoms with Crippen LogP contribution in [0.1, 0.15) is 271 Å². The van der Waals surface area contributed by atoms with Crippen molar-refractivity contribution < 1.29 is 49.0 Å². The molecular formula is C55H104O10. The SMILES string of the molecule is CCCCCC/C=C/CCCCCCCCCCCC(=O)OC[C@H](CO[C@@H]1O[C@H](CO)[C@H](O)C(O)C1O)OC(=O)CCCCCCCCCCCCCCCCCCCCCCCCC. The van der Waals surface area contributed by atoms with Crippen molar-refractivity contribution in [1.29, 1.82) is 0 Å². The molecule has 1 saturated heterocycles. The van der Waals surface area contributed by atoms with Gasteiger partial charge in [-0.05, 0) is 38.5 Å². The molecule has 0 saturated carbocycles. The van der Waals surface area contributed by atoms with Crippen molar-refractivity contribution in [2.24, 2.45) is 0 Å². The Bertz CT molecular complexity index is 1070. The Morgan fingerprint density at radius 1 is 0.462 bits per heavy atom. The maximum absolute atomic E-state index is 12.9. The summed E-state index contributed by atoms with van der Waals surface area (Å²) in [6, 6.07) is 0. The first kappa shape index (κ1) is 61.5. The highest BCUT2D eigenvalue weighted by atomic mass is 16.7. The summed E-state index contributed by atoms with van der Waals surface area (Å²) in [5, 5.41) is 40.3. The summed E-state index contributed by atoms with van der Waals surface area (Å²) in [6.45, 7) is 3.47. The Morgan fingerprint density at radius 2 is 0.815 bits per heavy atom. The molecule has 0 aromatic heterocycles. The molecule has 0 bridgehead atoms. The number of ether oxygens (including phenoxy) is 4. The third-order valence-electron chi connectivity index (χ3n) is 13.2. The molecule has 0 amide bonds. The molecule has 0 aromatic rings. The van der Waals surface area contributed by atoms with Gasteiger partial charge in [0, 0.05) is 12.8 Å². The number of esters is 2. The van der Waals surface area contributed by atoms with Crippen molar-refractivity contribution in [3.8, 4) is 0 Å². The summed E-state index contributed by atoms with van der Waals surface area (Å²) in [7, 11) is 0. The van der Waals surface area contributed by atoms with Crippen LogP contribution in [-0.4, -0.2) is 89.0 Å². The van der Waals surface area contributed by atoms with Gasteiger partial charge in [0.25, 0.3) is 0 Å². The summed E-state index contributed by atoms with van der Waals surface area (Å²) in [5.41, 5.74) is 0. The second kappa shape index (κ2) is 46.2. The highest BCUT2D eigenvalue weighted by molar-refractivity contribution is 5.70. The average molecular weight is 925 g/mol. The van der Waals surface area contributed by atoms with Crippen LogP contribution >= 0.6 is 0 Å². The van der Waals surface area contributed by atoms with E-state index in [0.717, 1.165) is 38.5 Å². The molecule has 384 valence electrons. The summed E-state index contributed by atoms with van der Waals surface area (Å²) in [4.78, 5) is 25.5. The minimum atomic E-state index is -1.59. The fraction of sp³-hybridized carbons (Fsp3) is 0.927. The van der Waals surface area contributed by atoms with Gasteiger partial charge in [-0.2, -0.15) is 0 Å². The molecule has 4 N–H and O–H groups in total. The lowest BCUT2D eigenvalue weighted by Gasteiger charge is -2.39. The van der Waals surface area contributed by atoms with Crippen LogP contribution in [0.2, 0.25) is 0 Å². The maximum Gasteiger partial charge on any atom is 0.306 e. The van der Waals surface area contributed by atoms with E-state index < -0.39 is 49.4 Å². The number of carbonyl (C=O) groups excluding carboxylic acids is 2. The van der Waals surface area contributed by atoms with Gasteiger partial charge in [0.1, 0.15) is 31.0 Å². The van der Waals surface area contributed by atoms with Crippen LogP contribution in [0, 0.1) is 0 Å². The second-order valence-corrected chi connectivity index (χ2v) is 19.4. The van der Waals surface area contributed by atoms with Crippen LogP contribution in [0.5, 0.6) is 0 Å². The lowest BCUT2D eigenvalue weighted by molar-refractivity contribution is -0.305. The minimum absolute atomic E-state index is 0.212. The van der Waals surface area contributed by atoms with Gasteiger partial charge >= 0.3 is 11.9 Å². The maximum atomic E-state index is 12.9. The molecule has 0 aromatic carbocycles.